The van der Waals surface area contributed by atoms with Crippen molar-refractivity contribution in [2.24, 2.45) is 5.73 Å². The summed E-state index contributed by atoms with van der Waals surface area (Å²) in [5, 5.41) is 17.3. The summed E-state index contributed by atoms with van der Waals surface area (Å²) in [6.45, 7) is 2.14. The Hall–Kier alpha value is -0.120. The Bertz CT molecular complexity index is 140. The van der Waals surface area contributed by atoms with Gasteiger partial charge in [0.25, 0.3) is 0 Å². The normalized spacial score (nSPS) is 13.3. The van der Waals surface area contributed by atoms with E-state index in [1.807, 2.05) is 0 Å². The molecule has 16 heavy (non-hydrogen) atoms. The fourth-order valence-corrected chi connectivity index (χ4v) is 1.82. The molecule has 0 aliphatic carbocycles. The molecular weight excluding hydrogens is 202 g/mol. The van der Waals surface area contributed by atoms with Crippen LogP contribution >= 0.6 is 0 Å². The fourth-order valence-electron chi connectivity index (χ4n) is 1.82. The summed E-state index contributed by atoms with van der Waals surface area (Å²) in [5.41, 5.74) is 5.83. The molecule has 0 heterocycles. The first kappa shape index (κ1) is 15.9. The third-order valence-corrected chi connectivity index (χ3v) is 3.06. The van der Waals surface area contributed by atoms with Crippen LogP contribution in [0.1, 0.15) is 71.1 Å². The molecule has 0 aliphatic heterocycles. The van der Waals surface area contributed by atoms with Gasteiger partial charge in [0.2, 0.25) is 0 Å². The van der Waals surface area contributed by atoms with E-state index < -0.39 is 6.29 Å². The zero-order valence-corrected chi connectivity index (χ0v) is 10.7. The highest BCUT2D eigenvalue weighted by Crippen LogP contribution is 2.11. The lowest BCUT2D eigenvalue weighted by Gasteiger charge is -2.07. The minimum Gasteiger partial charge on any atom is -0.368 e. The number of hydrogen-bond acceptors (Lipinski definition) is 3. The van der Waals surface area contributed by atoms with E-state index in [1.165, 1.54) is 32.1 Å². The van der Waals surface area contributed by atoms with Crippen LogP contribution in [-0.4, -0.2) is 22.5 Å². The van der Waals surface area contributed by atoms with E-state index in [0.717, 1.165) is 25.7 Å². The van der Waals surface area contributed by atoms with Crippen LogP contribution < -0.4 is 5.73 Å². The van der Waals surface area contributed by atoms with Gasteiger partial charge in [-0.3, -0.25) is 0 Å². The maximum Gasteiger partial charge on any atom is 0.151 e. The number of aliphatic hydroxyl groups excluding tert-OH is 1. The minimum atomic E-state index is -1.12. The molecule has 0 saturated carbocycles. The molecule has 0 aromatic heterocycles. The summed E-state index contributed by atoms with van der Waals surface area (Å²) in [6, 6.07) is 0.394. The summed E-state index contributed by atoms with van der Waals surface area (Å²) in [4.78, 5) is 0. The van der Waals surface area contributed by atoms with Gasteiger partial charge < -0.3 is 15.9 Å². The molecule has 98 valence electrons. The van der Waals surface area contributed by atoms with Crippen LogP contribution in [-0.2, 0) is 0 Å². The predicted molar refractivity (Wildman–Crippen MR) is 68.0 cm³/mol. The van der Waals surface area contributed by atoms with Gasteiger partial charge in [-0.15, -0.1) is 0 Å². The summed E-state index contributed by atoms with van der Waals surface area (Å²) in [5.74, 6) is 0. The summed E-state index contributed by atoms with van der Waals surface area (Å²) >= 11 is 0. The molecule has 4 N–H and O–H groups in total. The smallest absolute Gasteiger partial charge is 0.151 e. The molecule has 0 aromatic rings. The van der Waals surface area contributed by atoms with Crippen molar-refractivity contribution in [2.75, 3.05) is 0 Å². The van der Waals surface area contributed by atoms with E-state index in [-0.39, 0.29) is 0 Å². The van der Waals surface area contributed by atoms with Crippen molar-refractivity contribution in [3.63, 3.8) is 0 Å². The van der Waals surface area contributed by atoms with Gasteiger partial charge in [0.1, 0.15) is 0 Å². The van der Waals surface area contributed by atoms with E-state index in [2.05, 4.69) is 6.92 Å². The first-order chi connectivity index (χ1) is 7.66. The molecule has 0 radical (unpaired) electrons. The Kier molecular flexibility index (Phi) is 11.3. The maximum absolute atomic E-state index is 8.64. The zero-order chi connectivity index (χ0) is 12.2. The van der Waals surface area contributed by atoms with Gasteiger partial charge in [-0.2, -0.15) is 0 Å². The zero-order valence-electron chi connectivity index (χ0n) is 10.7. The summed E-state index contributed by atoms with van der Waals surface area (Å²) in [7, 11) is 0. The van der Waals surface area contributed by atoms with E-state index in [4.69, 9.17) is 15.9 Å². The van der Waals surface area contributed by atoms with Crippen LogP contribution in [0.4, 0.5) is 0 Å². The van der Waals surface area contributed by atoms with Crippen LogP contribution in [0, 0.1) is 0 Å². The highest BCUT2D eigenvalue weighted by atomic mass is 16.5. The van der Waals surface area contributed by atoms with Gasteiger partial charge in [-0.05, 0) is 25.7 Å². The first-order valence-corrected chi connectivity index (χ1v) is 6.78. The molecule has 1 unspecified atom stereocenters. The van der Waals surface area contributed by atoms with Gasteiger partial charge in [-0.1, -0.05) is 45.4 Å². The lowest BCUT2D eigenvalue weighted by atomic mass is 10.0. The Morgan fingerprint density at radius 2 is 1.25 bits per heavy atom. The standard InChI is InChI=1S/C13H29NO2/c1-2-12(14)10-8-6-4-3-5-7-9-11-13(15)16/h12-13,15-16H,2-11,14H2,1H3. The number of hydrogen-bond donors (Lipinski definition) is 3. The van der Waals surface area contributed by atoms with Crippen LogP contribution in [0.2, 0.25) is 0 Å². The molecule has 0 aliphatic rings. The first-order valence-electron chi connectivity index (χ1n) is 6.78. The Balaban J connectivity index is 2.99. The minimum absolute atomic E-state index is 0.394. The number of rotatable bonds is 11. The number of aliphatic hydroxyl groups is 2. The van der Waals surface area contributed by atoms with E-state index >= 15 is 0 Å². The predicted octanol–water partition coefficient (Wildman–Crippen LogP) is 2.55. The van der Waals surface area contributed by atoms with Crippen molar-refractivity contribution in [2.45, 2.75) is 83.5 Å². The molecule has 0 amide bonds. The fraction of sp³-hybridized carbons (Fsp3) is 1.00. The van der Waals surface area contributed by atoms with Crippen LogP contribution in [0.5, 0.6) is 0 Å². The lowest BCUT2D eigenvalue weighted by molar-refractivity contribution is -0.0466. The molecule has 3 nitrogen and oxygen atoms in total. The second kappa shape index (κ2) is 11.4. The molecule has 0 spiro atoms. The molecule has 0 fully saturated rings. The second-order valence-corrected chi connectivity index (χ2v) is 4.70. The van der Waals surface area contributed by atoms with Gasteiger partial charge in [0.05, 0.1) is 0 Å². The van der Waals surface area contributed by atoms with E-state index in [1.54, 1.807) is 0 Å². The van der Waals surface area contributed by atoms with Crippen molar-refractivity contribution in [1.82, 2.24) is 0 Å². The van der Waals surface area contributed by atoms with E-state index in [0.29, 0.717) is 12.5 Å². The Morgan fingerprint density at radius 1 is 0.812 bits per heavy atom. The largest absolute Gasteiger partial charge is 0.368 e. The van der Waals surface area contributed by atoms with Crippen molar-refractivity contribution < 1.29 is 10.2 Å². The van der Waals surface area contributed by atoms with Gasteiger partial charge >= 0.3 is 0 Å². The van der Waals surface area contributed by atoms with Crippen LogP contribution in [0.25, 0.3) is 0 Å². The van der Waals surface area contributed by atoms with Crippen LogP contribution in [0.15, 0.2) is 0 Å². The molecule has 1 atom stereocenters. The second-order valence-electron chi connectivity index (χ2n) is 4.70. The average Bonchev–Trinajstić information content (AvgIpc) is 2.26. The van der Waals surface area contributed by atoms with Crippen LogP contribution in [0.3, 0.4) is 0 Å². The van der Waals surface area contributed by atoms with Crippen molar-refractivity contribution in [3.05, 3.63) is 0 Å². The maximum atomic E-state index is 8.64. The van der Waals surface area contributed by atoms with Crippen molar-refractivity contribution in [1.29, 1.82) is 0 Å². The Morgan fingerprint density at radius 3 is 1.69 bits per heavy atom. The number of unbranched alkanes of at least 4 members (excludes halogenated alkanes) is 6. The van der Waals surface area contributed by atoms with Gasteiger partial charge in [0, 0.05) is 6.04 Å². The topological polar surface area (TPSA) is 66.5 Å². The monoisotopic (exact) mass is 231 g/mol. The molecule has 3 heteroatoms. The molecule has 0 saturated heterocycles. The SMILES string of the molecule is CCC(N)CCCCCCCCCC(O)O. The van der Waals surface area contributed by atoms with Gasteiger partial charge in [-0.25, -0.2) is 0 Å². The third-order valence-electron chi connectivity index (χ3n) is 3.06. The van der Waals surface area contributed by atoms with E-state index in [9.17, 15) is 0 Å². The number of nitrogens with two attached hydrogens (primary N) is 1. The molecule has 0 aromatic carbocycles. The Labute approximate surface area is 100 Å². The summed E-state index contributed by atoms with van der Waals surface area (Å²) in [6.07, 6.45) is 10.0. The molecular formula is C13H29NO2. The lowest BCUT2D eigenvalue weighted by Crippen LogP contribution is -2.17. The molecule has 0 bridgehead atoms. The molecule has 0 rings (SSSR count). The highest BCUT2D eigenvalue weighted by Gasteiger charge is 1.99. The van der Waals surface area contributed by atoms with Gasteiger partial charge in [0.15, 0.2) is 6.29 Å². The van der Waals surface area contributed by atoms with Crippen molar-refractivity contribution >= 4 is 0 Å². The average molecular weight is 231 g/mol. The summed E-state index contributed by atoms with van der Waals surface area (Å²) < 4.78 is 0. The highest BCUT2D eigenvalue weighted by molar-refractivity contribution is 4.58. The van der Waals surface area contributed by atoms with Crippen molar-refractivity contribution in [3.8, 4) is 0 Å². The quantitative estimate of drug-likeness (QED) is 0.378. The third kappa shape index (κ3) is 12.0.